The van der Waals surface area contributed by atoms with E-state index in [0.29, 0.717) is 18.6 Å². The van der Waals surface area contributed by atoms with E-state index in [9.17, 15) is 0 Å². The van der Waals surface area contributed by atoms with E-state index in [2.05, 4.69) is 51.6 Å². The largest absolute Gasteiger partial charge is 0.497 e. The molecule has 3 aliphatic rings. The van der Waals surface area contributed by atoms with Crippen LogP contribution >= 0.6 is 15.9 Å². The zero-order chi connectivity index (χ0) is 17.0. The first-order chi connectivity index (χ1) is 12.2. The van der Waals surface area contributed by atoms with Crippen LogP contribution in [0.15, 0.2) is 47.0 Å². The van der Waals surface area contributed by atoms with Crippen molar-refractivity contribution in [2.75, 3.05) is 19.2 Å². The van der Waals surface area contributed by atoms with Crippen LogP contribution in [-0.4, -0.2) is 13.9 Å². The van der Waals surface area contributed by atoms with Gasteiger partial charge in [0.2, 0.25) is 6.79 Å². The van der Waals surface area contributed by atoms with Gasteiger partial charge in [0.25, 0.3) is 0 Å². The number of halogens is 1. The second-order valence-corrected chi connectivity index (χ2v) is 7.51. The Morgan fingerprint density at radius 3 is 2.80 bits per heavy atom. The highest BCUT2D eigenvalue weighted by Crippen LogP contribution is 2.52. The molecule has 0 bridgehead atoms. The first-order valence-electron chi connectivity index (χ1n) is 8.45. The van der Waals surface area contributed by atoms with Crippen LogP contribution in [0.2, 0.25) is 0 Å². The number of nitrogens with one attached hydrogen (secondary N) is 1. The van der Waals surface area contributed by atoms with Crippen LogP contribution < -0.4 is 19.5 Å². The van der Waals surface area contributed by atoms with Crippen LogP contribution in [0.25, 0.3) is 0 Å². The minimum absolute atomic E-state index is 0.213. The van der Waals surface area contributed by atoms with Crippen molar-refractivity contribution in [3.63, 3.8) is 0 Å². The SMILES string of the molecule is COc1ccc2c(c1)[C@@H]1C=CC[C@H]1[C@H](c1cc3c(cc1Br)OCO3)N2. The average molecular weight is 400 g/mol. The van der Waals surface area contributed by atoms with Gasteiger partial charge in [-0.1, -0.05) is 28.1 Å². The molecule has 2 aromatic carbocycles. The van der Waals surface area contributed by atoms with Gasteiger partial charge in [-0.25, -0.2) is 0 Å². The van der Waals surface area contributed by atoms with Crippen molar-refractivity contribution in [2.45, 2.75) is 18.4 Å². The van der Waals surface area contributed by atoms with Gasteiger partial charge in [0.1, 0.15) is 5.75 Å². The number of ether oxygens (including phenoxy) is 3. The molecule has 5 rings (SSSR count). The zero-order valence-corrected chi connectivity index (χ0v) is 15.4. The van der Waals surface area contributed by atoms with E-state index in [0.717, 1.165) is 28.1 Å². The molecule has 0 aromatic heterocycles. The molecule has 0 saturated carbocycles. The summed E-state index contributed by atoms with van der Waals surface area (Å²) in [5.41, 5.74) is 3.69. The van der Waals surface area contributed by atoms with E-state index in [1.165, 1.54) is 16.8 Å². The zero-order valence-electron chi connectivity index (χ0n) is 13.8. The third kappa shape index (κ3) is 2.33. The second kappa shape index (κ2) is 5.70. The molecule has 0 saturated heterocycles. The normalized spacial score (nSPS) is 25.3. The summed E-state index contributed by atoms with van der Waals surface area (Å²) in [4.78, 5) is 0. The van der Waals surface area contributed by atoms with E-state index in [1.54, 1.807) is 7.11 Å². The molecule has 0 radical (unpaired) electrons. The van der Waals surface area contributed by atoms with Crippen LogP contribution in [0, 0.1) is 5.92 Å². The number of rotatable bonds is 2. The van der Waals surface area contributed by atoms with Crippen molar-refractivity contribution in [2.24, 2.45) is 5.92 Å². The molecule has 4 nitrogen and oxygen atoms in total. The standard InChI is InChI=1S/C20H18BrNO3/c1-23-11-5-6-17-14(7-11)12-3-2-4-13(12)20(22-17)15-8-18-19(9-16(15)21)25-10-24-18/h2-3,5-9,12-13,20,22H,4,10H2,1H3/t12-,13-,20-/m1/s1. The van der Waals surface area contributed by atoms with Crippen LogP contribution in [0.3, 0.4) is 0 Å². The summed E-state index contributed by atoms with van der Waals surface area (Å²) in [5.74, 6) is 3.40. The summed E-state index contributed by atoms with van der Waals surface area (Å²) in [7, 11) is 1.71. The summed E-state index contributed by atoms with van der Waals surface area (Å²) >= 11 is 3.73. The molecular weight excluding hydrogens is 382 g/mol. The van der Waals surface area contributed by atoms with Gasteiger partial charge in [-0.2, -0.15) is 0 Å². The Hall–Kier alpha value is -2.14. The minimum Gasteiger partial charge on any atom is -0.497 e. The number of anilines is 1. The predicted molar refractivity (Wildman–Crippen MR) is 99.6 cm³/mol. The number of allylic oxidation sites excluding steroid dienone is 2. The summed E-state index contributed by atoms with van der Waals surface area (Å²) < 4.78 is 17.6. The first kappa shape index (κ1) is 15.1. The molecule has 25 heavy (non-hydrogen) atoms. The fourth-order valence-corrected chi connectivity index (χ4v) is 4.75. The van der Waals surface area contributed by atoms with Gasteiger partial charge >= 0.3 is 0 Å². The molecule has 1 N–H and O–H groups in total. The summed E-state index contributed by atoms with van der Waals surface area (Å²) in [5, 5.41) is 3.75. The molecule has 0 spiro atoms. The molecule has 128 valence electrons. The van der Waals surface area contributed by atoms with E-state index in [1.807, 2.05) is 12.1 Å². The molecule has 3 atom stereocenters. The average Bonchev–Trinajstić information content (AvgIpc) is 3.29. The van der Waals surface area contributed by atoms with E-state index in [4.69, 9.17) is 14.2 Å². The van der Waals surface area contributed by atoms with Crippen molar-refractivity contribution in [1.82, 2.24) is 0 Å². The summed E-state index contributed by atoms with van der Waals surface area (Å²) in [6.07, 6.45) is 5.68. The molecule has 0 amide bonds. The third-order valence-electron chi connectivity index (χ3n) is 5.40. The maximum absolute atomic E-state index is 5.59. The molecule has 0 unspecified atom stereocenters. The Morgan fingerprint density at radius 2 is 1.96 bits per heavy atom. The first-order valence-corrected chi connectivity index (χ1v) is 9.24. The van der Waals surface area contributed by atoms with Crippen molar-refractivity contribution in [1.29, 1.82) is 0 Å². The fraction of sp³-hybridized carbons (Fsp3) is 0.300. The van der Waals surface area contributed by atoms with Crippen LogP contribution in [-0.2, 0) is 0 Å². The highest BCUT2D eigenvalue weighted by Gasteiger charge is 2.39. The fourth-order valence-electron chi connectivity index (χ4n) is 4.18. The highest BCUT2D eigenvalue weighted by molar-refractivity contribution is 9.10. The van der Waals surface area contributed by atoms with Gasteiger partial charge in [-0.15, -0.1) is 0 Å². The van der Waals surface area contributed by atoms with E-state index >= 15 is 0 Å². The van der Waals surface area contributed by atoms with E-state index in [-0.39, 0.29) is 6.04 Å². The Morgan fingerprint density at radius 1 is 1.12 bits per heavy atom. The lowest BCUT2D eigenvalue weighted by Crippen LogP contribution is -2.29. The minimum atomic E-state index is 0.213. The second-order valence-electron chi connectivity index (χ2n) is 6.66. The van der Waals surface area contributed by atoms with Crippen molar-refractivity contribution in [3.05, 3.63) is 58.1 Å². The quantitative estimate of drug-likeness (QED) is 0.720. The number of benzene rings is 2. The lowest BCUT2D eigenvalue weighted by molar-refractivity contribution is 0.174. The van der Waals surface area contributed by atoms with Gasteiger partial charge in [-0.3, -0.25) is 0 Å². The predicted octanol–water partition coefficient (Wildman–Crippen LogP) is 5.01. The van der Waals surface area contributed by atoms with Gasteiger partial charge in [0.15, 0.2) is 11.5 Å². The van der Waals surface area contributed by atoms with Gasteiger partial charge in [0, 0.05) is 16.1 Å². The molecule has 2 heterocycles. The highest BCUT2D eigenvalue weighted by atomic mass is 79.9. The molecule has 0 fully saturated rings. The topological polar surface area (TPSA) is 39.7 Å². The number of fused-ring (bicyclic) bond motifs is 4. The van der Waals surface area contributed by atoms with Crippen LogP contribution in [0.1, 0.15) is 29.5 Å². The monoisotopic (exact) mass is 399 g/mol. The lowest BCUT2D eigenvalue weighted by Gasteiger charge is -2.38. The molecule has 5 heteroatoms. The van der Waals surface area contributed by atoms with Crippen LogP contribution in [0.5, 0.6) is 17.2 Å². The van der Waals surface area contributed by atoms with Crippen molar-refractivity contribution >= 4 is 21.6 Å². The van der Waals surface area contributed by atoms with E-state index < -0.39 is 0 Å². The lowest BCUT2D eigenvalue weighted by atomic mass is 9.77. The summed E-state index contributed by atoms with van der Waals surface area (Å²) in [6, 6.07) is 10.6. The van der Waals surface area contributed by atoms with Crippen LogP contribution in [0.4, 0.5) is 5.69 Å². The van der Waals surface area contributed by atoms with Gasteiger partial charge < -0.3 is 19.5 Å². The molecule has 1 aliphatic carbocycles. The number of hydrogen-bond donors (Lipinski definition) is 1. The smallest absolute Gasteiger partial charge is 0.231 e. The summed E-state index contributed by atoms with van der Waals surface area (Å²) in [6.45, 7) is 0.291. The van der Waals surface area contributed by atoms with Gasteiger partial charge in [0.05, 0.1) is 13.2 Å². The Kier molecular flexibility index (Phi) is 3.45. The number of methoxy groups -OCH3 is 1. The number of hydrogen-bond acceptors (Lipinski definition) is 4. The Balaban J connectivity index is 1.59. The van der Waals surface area contributed by atoms with Gasteiger partial charge in [-0.05, 0) is 53.8 Å². The molecule has 2 aliphatic heterocycles. The van der Waals surface area contributed by atoms with Crippen molar-refractivity contribution in [3.8, 4) is 17.2 Å². The molecule has 2 aromatic rings. The molecular formula is C20H18BrNO3. The Labute approximate surface area is 154 Å². The third-order valence-corrected chi connectivity index (χ3v) is 6.08. The Bertz CT molecular complexity index is 879. The maximum atomic E-state index is 5.59. The maximum Gasteiger partial charge on any atom is 0.231 e. The van der Waals surface area contributed by atoms with Crippen molar-refractivity contribution < 1.29 is 14.2 Å².